The fourth-order valence-electron chi connectivity index (χ4n) is 1.87. The molecular weight excluding hydrogens is 217 g/mol. The maximum Gasteiger partial charge on any atom is 0.128 e. The summed E-state index contributed by atoms with van der Waals surface area (Å²) in [5, 5.41) is 4.32. The van der Waals surface area contributed by atoms with Crippen LogP contribution in [0.1, 0.15) is 22.5 Å². The fourth-order valence-corrected chi connectivity index (χ4v) is 1.87. The van der Waals surface area contributed by atoms with Gasteiger partial charge in [0.15, 0.2) is 0 Å². The lowest BCUT2D eigenvalue weighted by Crippen LogP contribution is -2.07. The largest absolute Gasteiger partial charge is 0.326 e. The van der Waals surface area contributed by atoms with E-state index in [9.17, 15) is 4.39 Å². The van der Waals surface area contributed by atoms with Crippen LogP contribution in [0.2, 0.25) is 0 Å². The van der Waals surface area contributed by atoms with Gasteiger partial charge in [-0.15, -0.1) is 0 Å². The zero-order valence-electron chi connectivity index (χ0n) is 10.1. The molecule has 90 valence electrons. The van der Waals surface area contributed by atoms with Gasteiger partial charge in [-0.2, -0.15) is 5.10 Å². The molecular formula is C13H16FN3. The summed E-state index contributed by atoms with van der Waals surface area (Å²) < 4.78 is 15.4. The molecule has 0 aliphatic rings. The molecule has 0 spiro atoms. The molecule has 0 bridgehead atoms. The first-order valence-electron chi connectivity index (χ1n) is 5.58. The van der Waals surface area contributed by atoms with E-state index in [0.29, 0.717) is 18.7 Å². The van der Waals surface area contributed by atoms with Gasteiger partial charge in [-0.3, -0.25) is 4.68 Å². The normalized spacial score (nSPS) is 10.8. The lowest BCUT2D eigenvalue weighted by atomic mass is 10.1. The third kappa shape index (κ3) is 2.53. The van der Waals surface area contributed by atoms with Crippen molar-refractivity contribution < 1.29 is 4.39 Å². The number of hydrogen-bond acceptors (Lipinski definition) is 2. The molecule has 0 saturated carbocycles. The van der Waals surface area contributed by atoms with Gasteiger partial charge in [0.1, 0.15) is 5.82 Å². The van der Waals surface area contributed by atoms with Crippen LogP contribution in [0.4, 0.5) is 4.39 Å². The Kier molecular flexibility index (Phi) is 3.24. The summed E-state index contributed by atoms with van der Waals surface area (Å²) in [4.78, 5) is 0. The first-order chi connectivity index (χ1) is 8.10. The van der Waals surface area contributed by atoms with Crippen LogP contribution in [0.3, 0.4) is 0 Å². The Morgan fingerprint density at radius 3 is 2.65 bits per heavy atom. The molecule has 0 aliphatic heterocycles. The Labute approximate surface area is 100 Å². The molecule has 4 heteroatoms. The Morgan fingerprint density at radius 2 is 2.06 bits per heavy atom. The summed E-state index contributed by atoms with van der Waals surface area (Å²) in [6.07, 6.45) is 0. The average Bonchev–Trinajstić information content (AvgIpc) is 2.60. The molecule has 3 nitrogen and oxygen atoms in total. The molecule has 2 N–H and O–H groups in total. The molecule has 1 heterocycles. The van der Waals surface area contributed by atoms with Gasteiger partial charge in [0.2, 0.25) is 0 Å². The summed E-state index contributed by atoms with van der Waals surface area (Å²) in [5.74, 6) is -0.213. The fraction of sp³-hybridized carbons (Fsp3) is 0.308. The van der Waals surface area contributed by atoms with Gasteiger partial charge in [-0.1, -0.05) is 6.07 Å². The van der Waals surface area contributed by atoms with E-state index in [1.807, 2.05) is 19.9 Å². The van der Waals surface area contributed by atoms with Crippen molar-refractivity contribution in [3.63, 3.8) is 0 Å². The number of hydrogen-bond donors (Lipinski definition) is 1. The number of rotatable bonds is 3. The minimum atomic E-state index is -0.213. The van der Waals surface area contributed by atoms with Crippen molar-refractivity contribution in [2.45, 2.75) is 26.9 Å². The molecule has 0 atom stereocenters. The molecule has 0 fully saturated rings. The lowest BCUT2D eigenvalue weighted by molar-refractivity contribution is 0.577. The van der Waals surface area contributed by atoms with Crippen LogP contribution >= 0.6 is 0 Å². The highest BCUT2D eigenvalue weighted by atomic mass is 19.1. The highest BCUT2D eigenvalue weighted by Gasteiger charge is 2.07. The van der Waals surface area contributed by atoms with Crippen molar-refractivity contribution in [1.29, 1.82) is 0 Å². The Morgan fingerprint density at radius 1 is 1.29 bits per heavy atom. The SMILES string of the molecule is Cc1cc(C)n(Cc2cc(CN)ccc2F)n1. The number of aryl methyl sites for hydroxylation is 2. The average molecular weight is 233 g/mol. The van der Waals surface area contributed by atoms with E-state index in [1.165, 1.54) is 6.07 Å². The van der Waals surface area contributed by atoms with E-state index in [-0.39, 0.29) is 5.82 Å². The number of aromatic nitrogens is 2. The number of nitrogens with zero attached hydrogens (tertiary/aromatic N) is 2. The van der Waals surface area contributed by atoms with Crippen LogP contribution in [0.15, 0.2) is 24.3 Å². The minimum Gasteiger partial charge on any atom is -0.326 e. The van der Waals surface area contributed by atoms with Crippen molar-refractivity contribution in [2.24, 2.45) is 5.73 Å². The van der Waals surface area contributed by atoms with Crippen LogP contribution < -0.4 is 5.73 Å². The van der Waals surface area contributed by atoms with Crippen LogP contribution in [-0.2, 0) is 13.1 Å². The van der Waals surface area contributed by atoms with E-state index in [0.717, 1.165) is 17.0 Å². The second-order valence-electron chi connectivity index (χ2n) is 4.21. The summed E-state index contributed by atoms with van der Waals surface area (Å²) >= 11 is 0. The molecule has 2 aromatic rings. The molecule has 17 heavy (non-hydrogen) atoms. The predicted molar refractivity (Wildman–Crippen MR) is 65.1 cm³/mol. The van der Waals surface area contributed by atoms with Crippen molar-refractivity contribution >= 4 is 0 Å². The quantitative estimate of drug-likeness (QED) is 0.882. The summed E-state index contributed by atoms with van der Waals surface area (Å²) in [6, 6.07) is 6.94. The zero-order valence-corrected chi connectivity index (χ0v) is 10.1. The summed E-state index contributed by atoms with van der Waals surface area (Å²) in [5.41, 5.74) is 9.08. The van der Waals surface area contributed by atoms with Gasteiger partial charge in [-0.05, 0) is 37.6 Å². The van der Waals surface area contributed by atoms with Crippen molar-refractivity contribution in [2.75, 3.05) is 0 Å². The molecule has 0 amide bonds. The first kappa shape index (κ1) is 11.8. The summed E-state index contributed by atoms with van der Waals surface area (Å²) in [6.45, 7) is 4.75. The van der Waals surface area contributed by atoms with Gasteiger partial charge < -0.3 is 5.73 Å². The predicted octanol–water partition coefficient (Wildman–Crippen LogP) is 2.15. The molecule has 0 unspecified atom stereocenters. The van der Waals surface area contributed by atoms with E-state index >= 15 is 0 Å². The third-order valence-electron chi connectivity index (χ3n) is 2.77. The lowest BCUT2D eigenvalue weighted by Gasteiger charge is -2.07. The topological polar surface area (TPSA) is 43.8 Å². The van der Waals surface area contributed by atoms with Gasteiger partial charge in [0.05, 0.1) is 12.2 Å². The highest BCUT2D eigenvalue weighted by Crippen LogP contribution is 2.13. The second-order valence-corrected chi connectivity index (χ2v) is 4.21. The number of nitrogens with two attached hydrogens (primary N) is 1. The molecule has 2 rings (SSSR count). The summed E-state index contributed by atoms with van der Waals surface area (Å²) in [7, 11) is 0. The molecule has 0 radical (unpaired) electrons. The maximum absolute atomic E-state index is 13.6. The van der Waals surface area contributed by atoms with E-state index in [4.69, 9.17) is 5.73 Å². The number of halogens is 1. The first-order valence-corrected chi connectivity index (χ1v) is 5.58. The molecule has 0 saturated heterocycles. The number of benzene rings is 1. The Hall–Kier alpha value is -1.68. The van der Waals surface area contributed by atoms with Crippen LogP contribution in [0.25, 0.3) is 0 Å². The minimum absolute atomic E-state index is 0.213. The van der Waals surface area contributed by atoms with Crippen LogP contribution in [0, 0.1) is 19.7 Å². The van der Waals surface area contributed by atoms with E-state index in [1.54, 1.807) is 16.8 Å². The maximum atomic E-state index is 13.6. The molecule has 0 aliphatic carbocycles. The zero-order chi connectivity index (χ0) is 12.4. The van der Waals surface area contributed by atoms with Crippen molar-refractivity contribution in [1.82, 2.24) is 9.78 Å². The molecule has 1 aromatic carbocycles. The molecule has 1 aromatic heterocycles. The van der Waals surface area contributed by atoms with Crippen LogP contribution in [0.5, 0.6) is 0 Å². The van der Waals surface area contributed by atoms with E-state index in [2.05, 4.69) is 5.10 Å². The smallest absolute Gasteiger partial charge is 0.128 e. The second kappa shape index (κ2) is 4.67. The van der Waals surface area contributed by atoms with Crippen LogP contribution in [-0.4, -0.2) is 9.78 Å². The van der Waals surface area contributed by atoms with Gasteiger partial charge in [0, 0.05) is 17.8 Å². The standard InChI is InChI=1S/C13H16FN3/c1-9-5-10(2)17(16-9)8-12-6-11(7-15)3-4-13(12)14/h3-6H,7-8,15H2,1-2H3. The van der Waals surface area contributed by atoms with Gasteiger partial charge >= 0.3 is 0 Å². The van der Waals surface area contributed by atoms with Gasteiger partial charge in [-0.25, -0.2) is 4.39 Å². The Balaban J connectivity index is 2.32. The van der Waals surface area contributed by atoms with Crippen molar-refractivity contribution in [3.05, 3.63) is 52.6 Å². The Bertz CT molecular complexity index is 531. The van der Waals surface area contributed by atoms with E-state index < -0.39 is 0 Å². The van der Waals surface area contributed by atoms with Gasteiger partial charge in [0.25, 0.3) is 0 Å². The highest BCUT2D eigenvalue weighted by molar-refractivity contribution is 5.25. The monoisotopic (exact) mass is 233 g/mol. The third-order valence-corrected chi connectivity index (χ3v) is 2.77. The van der Waals surface area contributed by atoms with Crippen molar-refractivity contribution in [3.8, 4) is 0 Å².